The Morgan fingerprint density at radius 1 is 1.58 bits per heavy atom. The van der Waals surface area contributed by atoms with E-state index in [1.807, 2.05) is 20.8 Å². The number of rotatable bonds is 6. The lowest BCUT2D eigenvalue weighted by Crippen LogP contribution is -2.33. The van der Waals surface area contributed by atoms with Gasteiger partial charge in [-0.25, -0.2) is 4.98 Å². The number of hydrogen-bond donors (Lipinski definition) is 1. The maximum atomic E-state index is 12.1. The molecule has 0 bridgehead atoms. The van der Waals surface area contributed by atoms with Gasteiger partial charge in [-0.1, -0.05) is 11.6 Å². The first-order chi connectivity index (χ1) is 8.99. The number of carbonyl (C=O) groups is 1. The van der Waals surface area contributed by atoms with Crippen molar-refractivity contribution in [3.63, 3.8) is 0 Å². The normalized spacial score (nSPS) is 10.6. The van der Waals surface area contributed by atoms with Crippen molar-refractivity contribution in [3.8, 4) is 5.88 Å². The fourth-order valence-electron chi connectivity index (χ4n) is 1.56. The molecule has 1 N–H and O–H groups in total. The number of halogens is 1. The van der Waals surface area contributed by atoms with Crippen LogP contribution < -0.4 is 4.74 Å². The van der Waals surface area contributed by atoms with Crippen LogP contribution in [0.4, 0.5) is 0 Å². The van der Waals surface area contributed by atoms with Gasteiger partial charge in [0.15, 0.2) is 0 Å². The van der Waals surface area contributed by atoms with Crippen molar-refractivity contribution in [2.24, 2.45) is 0 Å². The fourth-order valence-corrected chi connectivity index (χ4v) is 1.77. The van der Waals surface area contributed by atoms with Crippen molar-refractivity contribution in [1.29, 1.82) is 0 Å². The lowest BCUT2D eigenvalue weighted by atomic mass is 10.2. The van der Waals surface area contributed by atoms with Gasteiger partial charge in [-0.05, 0) is 26.8 Å². The van der Waals surface area contributed by atoms with Gasteiger partial charge in [0.2, 0.25) is 5.88 Å². The number of aliphatic hydroxyl groups is 1. The van der Waals surface area contributed by atoms with Crippen LogP contribution in [0.3, 0.4) is 0 Å². The summed E-state index contributed by atoms with van der Waals surface area (Å²) in [7, 11) is 0. The first-order valence-electron chi connectivity index (χ1n) is 6.21. The van der Waals surface area contributed by atoms with Gasteiger partial charge < -0.3 is 14.7 Å². The van der Waals surface area contributed by atoms with Gasteiger partial charge in [-0.3, -0.25) is 4.79 Å². The Kier molecular flexibility index (Phi) is 6.05. The third-order valence-corrected chi connectivity index (χ3v) is 2.71. The van der Waals surface area contributed by atoms with E-state index in [0.29, 0.717) is 23.0 Å². The molecule has 5 nitrogen and oxygen atoms in total. The highest BCUT2D eigenvalue weighted by Gasteiger charge is 2.16. The Hall–Kier alpha value is -1.33. The van der Waals surface area contributed by atoms with Crippen molar-refractivity contribution < 1.29 is 14.6 Å². The average Bonchev–Trinajstić information content (AvgIpc) is 2.37. The number of carbonyl (C=O) groups excluding carboxylic acids is 1. The van der Waals surface area contributed by atoms with E-state index in [4.69, 9.17) is 21.4 Å². The largest absolute Gasteiger partial charge is 0.474 e. The molecule has 0 radical (unpaired) electrons. The third-order valence-electron chi connectivity index (χ3n) is 2.44. The van der Waals surface area contributed by atoms with Crippen LogP contribution >= 0.6 is 11.6 Å². The molecule has 0 saturated heterocycles. The number of likely N-dealkylation sites (N-methyl/N-ethyl adjacent to an activating group) is 1. The zero-order chi connectivity index (χ0) is 14.4. The molecule has 0 spiro atoms. The predicted molar refractivity (Wildman–Crippen MR) is 73.7 cm³/mol. The molecular weight excluding hydrogens is 268 g/mol. The van der Waals surface area contributed by atoms with Crippen LogP contribution in [0.25, 0.3) is 0 Å². The molecule has 0 saturated carbocycles. The van der Waals surface area contributed by atoms with E-state index in [9.17, 15) is 4.79 Å². The van der Waals surface area contributed by atoms with E-state index in [1.54, 1.807) is 0 Å². The summed E-state index contributed by atoms with van der Waals surface area (Å²) in [6.45, 7) is 6.32. The first kappa shape index (κ1) is 15.7. The molecule has 1 amide bonds. The van der Waals surface area contributed by atoms with Crippen LogP contribution in [-0.2, 0) is 0 Å². The molecule has 0 aliphatic carbocycles. The quantitative estimate of drug-likeness (QED) is 0.868. The first-order valence-corrected chi connectivity index (χ1v) is 6.59. The molecule has 0 atom stereocenters. The van der Waals surface area contributed by atoms with Crippen molar-refractivity contribution in [2.45, 2.75) is 26.9 Å². The van der Waals surface area contributed by atoms with Crippen molar-refractivity contribution in [3.05, 3.63) is 22.8 Å². The number of nitrogens with zero attached hydrogens (tertiary/aromatic N) is 2. The predicted octanol–water partition coefficient (Wildman–Crippen LogP) is 1.98. The summed E-state index contributed by atoms with van der Waals surface area (Å²) < 4.78 is 5.41. The zero-order valence-corrected chi connectivity index (χ0v) is 12.1. The summed E-state index contributed by atoms with van der Waals surface area (Å²) in [6, 6.07) is 1.54. The van der Waals surface area contributed by atoms with Gasteiger partial charge in [0.05, 0.1) is 18.3 Å². The van der Waals surface area contributed by atoms with E-state index < -0.39 is 0 Å². The average molecular weight is 287 g/mol. The lowest BCUT2D eigenvalue weighted by molar-refractivity contribution is 0.0731. The summed E-state index contributed by atoms with van der Waals surface area (Å²) in [5.74, 6) is 0.112. The summed E-state index contributed by atoms with van der Waals surface area (Å²) in [6.07, 6.45) is 1.40. The minimum Gasteiger partial charge on any atom is -0.474 e. The maximum Gasteiger partial charge on any atom is 0.255 e. The second-order valence-corrected chi connectivity index (χ2v) is 4.69. The molecule has 0 aliphatic rings. The van der Waals surface area contributed by atoms with Crippen LogP contribution in [0, 0.1) is 0 Å². The molecular formula is C13H19ClN2O3. The second kappa shape index (κ2) is 7.31. The van der Waals surface area contributed by atoms with Crippen LogP contribution in [0.15, 0.2) is 12.3 Å². The fraction of sp³-hybridized carbons (Fsp3) is 0.538. The summed E-state index contributed by atoms with van der Waals surface area (Å²) in [5.41, 5.74) is 0.386. The van der Waals surface area contributed by atoms with Gasteiger partial charge in [0.1, 0.15) is 5.02 Å². The molecule has 0 aromatic carbocycles. The van der Waals surface area contributed by atoms with Crippen LogP contribution in [-0.4, -0.2) is 46.7 Å². The van der Waals surface area contributed by atoms with Gasteiger partial charge in [0, 0.05) is 19.3 Å². The molecule has 19 heavy (non-hydrogen) atoms. The molecule has 1 rings (SSSR count). The Bertz CT molecular complexity index is 438. The molecule has 1 heterocycles. The Labute approximate surface area is 118 Å². The molecule has 1 aromatic rings. The third kappa shape index (κ3) is 4.36. The zero-order valence-electron chi connectivity index (χ0n) is 11.4. The monoisotopic (exact) mass is 286 g/mol. The van der Waals surface area contributed by atoms with Crippen molar-refractivity contribution in [1.82, 2.24) is 9.88 Å². The van der Waals surface area contributed by atoms with E-state index >= 15 is 0 Å². The standard InChI is InChI=1S/C13H19ClN2O3/c1-4-16(5-6-17)13(18)10-7-11(14)12(15-8-10)19-9(2)3/h7-9,17H,4-6H2,1-3H3. The number of ether oxygens (including phenoxy) is 1. The highest BCUT2D eigenvalue weighted by atomic mass is 35.5. The van der Waals surface area contributed by atoms with E-state index in [1.165, 1.54) is 17.2 Å². The molecule has 6 heteroatoms. The van der Waals surface area contributed by atoms with Gasteiger partial charge in [-0.15, -0.1) is 0 Å². The smallest absolute Gasteiger partial charge is 0.255 e. The number of amides is 1. The van der Waals surface area contributed by atoms with E-state index in [0.717, 1.165) is 0 Å². The molecule has 0 aliphatic heterocycles. The van der Waals surface area contributed by atoms with Crippen LogP contribution in [0.1, 0.15) is 31.1 Å². The number of hydrogen-bond acceptors (Lipinski definition) is 4. The summed E-state index contributed by atoms with van der Waals surface area (Å²) in [4.78, 5) is 17.7. The topological polar surface area (TPSA) is 62.7 Å². The van der Waals surface area contributed by atoms with Crippen molar-refractivity contribution >= 4 is 17.5 Å². The number of aromatic nitrogens is 1. The molecule has 106 valence electrons. The number of pyridine rings is 1. The Balaban J connectivity index is 2.90. The Morgan fingerprint density at radius 2 is 2.26 bits per heavy atom. The Morgan fingerprint density at radius 3 is 2.74 bits per heavy atom. The van der Waals surface area contributed by atoms with E-state index in [-0.39, 0.29) is 25.2 Å². The lowest BCUT2D eigenvalue weighted by Gasteiger charge is -2.20. The SMILES string of the molecule is CCN(CCO)C(=O)c1cnc(OC(C)C)c(Cl)c1. The van der Waals surface area contributed by atoms with E-state index in [2.05, 4.69) is 4.98 Å². The van der Waals surface area contributed by atoms with Gasteiger partial charge in [-0.2, -0.15) is 0 Å². The van der Waals surface area contributed by atoms with Gasteiger partial charge >= 0.3 is 0 Å². The van der Waals surface area contributed by atoms with Crippen LogP contribution in [0.2, 0.25) is 5.02 Å². The molecule has 0 fully saturated rings. The molecule has 0 unspecified atom stereocenters. The van der Waals surface area contributed by atoms with Gasteiger partial charge in [0.25, 0.3) is 5.91 Å². The highest BCUT2D eigenvalue weighted by molar-refractivity contribution is 6.32. The van der Waals surface area contributed by atoms with Crippen molar-refractivity contribution in [2.75, 3.05) is 19.7 Å². The number of aliphatic hydroxyl groups excluding tert-OH is 1. The van der Waals surface area contributed by atoms with Crippen LogP contribution in [0.5, 0.6) is 5.88 Å². The molecule has 1 aromatic heterocycles. The maximum absolute atomic E-state index is 12.1. The summed E-state index contributed by atoms with van der Waals surface area (Å²) >= 11 is 6.03. The second-order valence-electron chi connectivity index (χ2n) is 4.29. The minimum atomic E-state index is -0.206. The highest BCUT2D eigenvalue weighted by Crippen LogP contribution is 2.23. The minimum absolute atomic E-state index is 0.0342. The summed E-state index contributed by atoms with van der Waals surface area (Å²) in [5, 5.41) is 9.21.